The number of carbonyl (C=O) groups is 2. The summed E-state index contributed by atoms with van der Waals surface area (Å²) in [5, 5.41) is 0.217. The van der Waals surface area contributed by atoms with Crippen LogP contribution in [0, 0.1) is 5.82 Å². The van der Waals surface area contributed by atoms with E-state index < -0.39 is 29.7 Å². The number of halogens is 3. The minimum Gasteiger partial charge on any atom is -0.368 e. The van der Waals surface area contributed by atoms with Crippen molar-refractivity contribution in [3.63, 3.8) is 0 Å². The average Bonchev–Trinajstić information content (AvgIpc) is 3.16. The van der Waals surface area contributed by atoms with Crippen LogP contribution in [0.15, 0.2) is 60.8 Å². The van der Waals surface area contributed by atoms with Gasteiger partial charge in [-0.1, -0.05) is 53.5 Å². The molecule has 0 spiro atoms. The summed E-state index contributed by atoms with van der Waals surface area (Å²) in [5.74, 6) is -1.67. The van der Waals surface area contributed by atoms with Gasteiger partial charge in [-0.05, 0) is 53.8 Å². The zero-order valence-corrected chi connectivity index (χ0v) is 17.8. The largest absolute Gasteiger partial charge is 0.368 e. The lowest BCUT2D eigenvalue weighted by Gasteiger charge is -2.36. The van der Waals surface area contributed by atoms with E-state index in [1.165, 1.54) is 23.2 Å². The Morgan fingerprint density at radius 3 is 2.55 bits per heavy atom. The molecule has 2 amide bonds. The zero-order chi connectivity index (χ0) is 22.1. The first kappa shape index (κ1) is 21.3. The van der Waals surface area contributed by atoms with Crippen molar-refractivity contribution in [3.05, 3.63) is 99.0 Å². The normalized spacial score (nSPS) is 15.9. The van der Waals surface area contributed by atoms with Crippen LogP contribution in [0.5, 0.6) is 0 Å². The molecule has 2 aromatic carbocycles. The van der Waals surface area contributed by atoms with Crippen LogP contribution >= 0.6 is 23.2 Å². The highest BCUT2D eigenvalue weighted by atomic mass is 35.5. The van der Waals surface area contributed by atoms with Crippen LogP contribution in [0.4, 0.5) is 4.39 Å². The molecule has 1 aliphatic rings. The Hall–Kier alpha value is -2.96. The quantitative estimate of drug-likeness (QED) is 0.554. The number of nitrogens with two attached hydrogens (primary N) is 1. The maximum atomic E-state index is 14.5. The number of carbonyl (C=O) groups excluding carboxylic acids is 2. The van der Waals surface area contributed by atoms with Crippen LogP contribution in [0.1, 0.15) is 45.6 Å². The second-order valence-electron chi connectivity index (χ2n) is 7.28. The molecule has 0 saturated heterocycles. The van der Waals surface area contributed by atoms with E-state index in [2.05, 4.69) is 4.98 Å². The predicted octanol–water partition coefficient (Wildman–Crippen LogP) is 4.88. The van der Waals surface area contributed by atoms with Crippen LogP contribution in [-0.2, 0) is 11.2 Å². The van der Waals surface area contributed by atoms with Gasteiger partial charge in [0.2, 0.25) is 5.91 Å². The number of primary amides is 1. The molecule has 2 N–H and O–H groups in total. The van der Waals surface area contributed by atoms with Gasteiger partial charge in [0.25, 0.3) is 5.91 Å². The van der Waals surface area contributed by atoms with Gasteiger partial charge >= 0.3 is 0 Å². The van der Waals surface area contributed by atoms with Gasteiger partial charge in [-0.15, -0.1) is 0 Å². The summed E-state index contributed by atoms with van der Waals surface area (Å²) in [4.78, 5) is 31.7. The van der Waals surface area contributed by atoms with Gasteiger partial charge in [0.15, 0.2) is 0 Å². The fourth-order valence-electron chi connectivity index (χ4n) is 4.13. The van der Waals surface area contributed by atoms with E-state index in [4.69, 9.17) is 28.9 Å². The molecule has 3 aromatic rings. The van der Waals surface area contributed by atoms with Gasteiger partial charge in [-0.2, -0.15) is 0 Å². The second kappa shape index (κ2) is 8.65. The van der Waals surface area contributed by atoms with Crippen LogP contribution in [0.25, 0.3) is 0 Å². The van der Waals surface area contributed by atoms with Gasteiger partial charge in [0.1, 0.15) is 17.0 Å². The Labute approximate surface area is 188 Å². The topological polar surface area (TPSA) is 76.3 Å². The lowest BCUT2D eigenvalue weighted by molar-refractivity contribution is -0.123. The molecule has 0 radical (unpaired) electrons. The van der Waals surface area contributed by atoms with Gasteiger partial charge in [0.05, 0.1) is 11.6 Å². The number of amides is 2. The molecule has 31 heavy (non-hydrogen) atoms. The van der Waals surface area contributed by atoms with E-state index in [-0.39, 0.29) is 15.7 Å². The number of hydrogen-bond acceptors (Lipinski definition) is 3. The van der Waals surface area contributed by atoms with Crippen molar-refractivity contribution in [2.75, 3.05) is 0 Å². The molecule has 1 aromatic heterocycles. The van der Waals surface area contributed by atoms with Crippen molar-refractivity contribution in [3.8, 4) is 0 Å². The molecule has 0 fully saturated rings. The molecule has 1 heterocycles. The van der Waals surface area contributed by atoms with Crippen molar-refractivity contribution in [2.24, 2.45) is 5.73 Å². The van der Waals surface area contributed by atoms with Gasteiger partial charge in [0, 0.05) is 11.2 Å². The lowest BCUT2D eigenvalue weighted by Crippen LogP contribution is -2.43. The molecule has 0 bridgehead atoms. The maximum absolute atomic E-state index is 14.5. The molecule has 4 rings (SSSR count). The molecule has 5 nitrogen and oxygen atoms in total. The molecule has 158 valence electrons. The van der Waals surface area contributed by atoms with Gasteiger partial charge in [-0.25, -0.2) is 9.37 Å². The van der Waals surface area contributed by atoms with E-state index in [1.54, 1.807) is 42.5 Å². The highest BCUT2D eigenvalue weighted by Gasteiger charge is 2.40. The monoisotopic (exact) mass is 457 g/mol. The molecule has 0 aliphatic heterocycles. The summed E-state index contributed by atoms with van der Waals surface area (Å²) in [5.41, 5.74) is 7.49. The van der Waals surface area contributed by atoms with Crippen molar-refractivity contribution in [1.82, 2.24) is 9.88 Å². The van der Waals surface area contributed by atoms with Crippen molar-refractivity contribution >= 4 is 35.0 Å². The van der Waals surface area contributed by atoms with Crippen LogP contribution < -0.4 is 5.73 Å². The number of aromatic nitrogens is 1. The summed E-state index contributed by atoms with van der Waals surface area (Å²) in [6.07, 6.45) is 2.27. The number of hydrogen-bond donors (Lipinski definition) is 1. The van der Waals surface area contributed by atoms with Crippen molar-refractivity contribution in [2.45, 2.75) is 24.9 Å². The van der Waals surface area contributed by atoms with E-state index in [0.717, 1.165) is 0 Å². The first-order chi connectivity index (χ1) is 14.9. The zero-order valence-electron chi connectivity index (χ0n) is 16.3. The minimum atomic E-state index is -1.09. The Morgan fingerprint density at radius 2 is 1.87 bits per heavy atom. The minimum absolute atomic E-state index is 0.00396. The van der Waals surface area contributed by atoms with Gasteiger partial charge < -0.3 is 10.6 Å². The standard InChI is InChI=1S/C23H18Cl2FN3O2/c24-14-11-17-15(18(26)12-14)8-9-19(17)29(23(31)16-7-4-10-28-21(16)25)20(22(27)30)13-5-2-1-3-6-13/h1-7,10-12,19-20H,8-9H2,(H2,27,30)/t19-,20-/m1/s1. The second-order valence-corrected chi connectivity index (χ2v) is 8.07. The maximum Gasteiger partial charge on any atom is 0.258 e. The molecular weight excluding hydrogens is 440 g/mol. The van der Waals surface area contributed by atoms with Crippen LogP contribution in [0.2, 0.25) is 10.2 Å². The average molecular weight is 458 g/mol. The Balaban J connectivity index is 1.90. The molecule has 2 atom stereocenters. The third kappa shape index (κ3) is 4.01. The summed E-state index contributed by atoms with van der Waals surface area (Å²) >= 11 is 12.3. The number of rotatable bonds is 5. The first-order valence-electron chi connectivity index (χ1n) is 9.63. The smallest absolute Gasteiger partial charge is 0.258 e. The summed E-state index contributed by atoms with van der Waals surface area (Å²) in [7, 11) is 0. The number of fused-ring (bicyclic) bond motifs is 1. The molecular formula is C23H18Cl2FN3O2. The fourth-order valence-corrected chi connectivity index (χ4v) is 4.54. The fraction of sp³-hybridized carbons (Fsp3) is 0.174. The number of pyridine rings is 1. The highest BCUT2D eigenvalue weighted by molar-refractivity contribution is 6.32. The Kier molecular flexibility index (Phi) is 5.94. The van der Waals surface area contributed by atoms with E-state index in [0.29, 0.717) is 29.5 Å². The number of benzene rings is 2. The lowest BCUT2D eigenvalue weighted by atomic mass is 9.98. The highest BCUT2D eigenvalue weighted by Crippen LogP contribution is 2.43. The summed E-state index contributed by atoms with van der Waals surface area (Å²) in [6.45, 7) is 0. The predicted molar refractivity (Wildman–Crippen MR) is 116 cm³/mol. The molecule has 0 saturated carbocycles. The first-order valence-corrected chi connectivity index (χ1v) is 10.4. The summed E-state index contributed by atoms with van der Waals surface area (Å²) in [6, 6.07) is 13.0. The Bertz CT molecular complexity index is 1160. The third-order valence-electron chi connectivity index (χ3n) is 5.44. The SMILES string of the molecule is NC(=O)[C@@H](c1ccccc1)N(C(=O)c1cccnc1Cl)[C@@H]1CCc2c(F)cc(Cl)cc21. The van der Waals surface area contributed by atoms with Crippen LogP contribution in [-0.4, -0.2) is 21.7 Å². The van der Waals surface area contributed by atoms with E-state index in [1.807, 2.05) is 0 Å². The van der Waals surface area contributed by atoms with Gasteiger partial charge in [-0.3, -0.25) is 9.59 Å². The van der Waals surface area contributed by atoms with Crippen LogP contribution in [0.3, 0.4) is 0 Å². The molecule has 8 heteroatoms. The van der Waals surface area contributed by atoms with Crippen molar-refractivity contribution in [1.29, 1.82) is 0 Å². The Morgan fingerprint density at radius 1 is 1.13 bits per heavy atom. The number of nitrogens with zero attached hydrogens (tertiary/aromatic N) is 2. The van der Waals surface area contributed by atoms with E-state index >= 15 is 0 Å². The molecule has 1 aliphatic carbocycles. The molecule has 0 unspecified atom stereocenters. The van der Waals surface area contributed by atoms with Crippen molar-refractivity contribution < 1.29 is 14.0 Å². The van der Waals surface area contributed by atoms with E-state index in [9.17, 15) is 14.0 Å². The third-order valence-corrected chi connectivity index (χ3v) is 5.96. The summed E-state index contributed by atoms with van der Waals surface area (Å²) < 4.78 is 14.5.